The molecule has 0 saturated carbocycles. The summed E-state index contributed by atoms with van der Waals surface area (Å²) in [6, 6.07) is 0. The van der Waals surface area contributed by atoms with E-state index in [0.29, 0.717) is 13.0 Å². The van der Waals surface area contributed by atoms with Crippen molar-refractivity contribution in [2.75, 3.05) is 19.8 Å². The maximum Gasteiger partial charge on any atom is 0.306 e. The second kappa shape index (κ2) is 27.1. The molecule has 0 aliphatic carbocycles. The van der Waals surface area contributed by atoms with Gasteiger partial charge in [-0.15, -0.1) is 0 Å². The molecule has 0 saturated heterocycles. The van der Waals surface area contributed by atoms with Crippen LogP contribution in [0.4, 0.5) is 0 Å². The van der Waals surface area contributed by atoms with Crippen LogP contribution in [0.2, 0.25) is 0 Å². The highest BCUT2D eigenvalue weighted by Crippen LogP contribution is 2.02. The zero-order valence-electron chi connectivity index (χ0n) is 21.6. The molecule has 0 heterocycles. The Morgan fingerprint density at radius 3 is 1.71 bits per heavy atom. The largest absolute Gasteiger partial charge is 0.457 e. The van der Waals surface area contributed by atoms with Crippen molar-refractivity contribution < 1.29 is 19.4 Å². The molecule has 0 amide bonds. The van der Waals surface area contributed by atoms with Gasteiger partial charge in [0.25, 0.3) is 0 Å². The Balaban J connectivity index is 3.61. The summed E-state index contributed by atoms with van der Waals surface area (Å²) in [5.74, 6) is -0.262. The van der Waals surface area contributed by atoms with Gasteiger partial charge in [0.2, 0.25) is 0 Å². The minimum Gasteiger partial charge on any atom is -0.457 e. The molecule has 4 nitrogen and oxygen atoms in total. The second-order valence-corrected chi connectivity index (χ2v) is 8.03. The molecule has 0 aromatic carbocycles. The average molecular weight is 473 g/mol. The summed E-state index contributed by atoms with van der Waals surface area (Å²) in [6.07, 6.45) is 35.9. The van der Waals surface area contributed by atoms with E-state index in [2.05, 4.69) is 79.8 Å². The Morgan fingerprint density at radius 2 is 1.24 bits per heavy atom. The molecule has 0 aliphatic rings. The first-order chi connectivity index (χ1) is 16.7. The highest BCUT2D eigenvalue weighted by atomic mass is 16.6. The fraction of sp³-hybridized carbons (Fsp3) is 0.567. The molecule has 4 heteroatoms. The molecule has 0 aliphatic heterocycles. The van der Waals surface area contributed by atoms with Gasteiger partial charge in [0.1, 0.15) is 6.10 Å². The van der Waals surface area contributed by atoms with E-state index in [1.54, 1.807) is 0 Å². The third kappa shape index (κ3) is 24.5. The summed E-state index contributed by atoms with van der Waals surface area (Å²) in [6.45, 7) is 4.82. The van der Waals surface area contributed by atoms with Crippen LogP contribution in [0.15, 0.2) is 72.9 Å². The van der Waals surface area contributed by atoms with Crippen LogP contribution in [0.25, 0.3) is 0 Å². The molecular formula is C30H48O4. The van der Waals surface area contributed by atoms with Crippen LogP contribution >= 0.6 is 0 Å². The van der Waals surface area contributed by atoms with Crippen LogP contribution in [0.5, 0.6) is 0 Å². The van der Waals surface area contributed by atoms with Gasteiger partial charge in [-0.3, -0.25) is 4.79 Å². The van der Waals surface area contributed by atoms with Crippen LogP contribution in [0.3, 0.4) is 0 Å². The Labute approximate surface area is 208 Å². The topological polar surface area (TPSA) is 55.8 Å². The highest BCUT2D eigenvalue weighted by Gasteiger charge is 2.13. The van der Waals surface area contributed by atoms with Crippen molar-refractivity contribution in [3.63, 3.8) is 0 Å². The quantitative estimate of drug-likeness (QED) is 0.100. The molecule has 0 rings (SSSR count). The first kappa shape index (κ1) is 31.8. The minimum atomic E-state index is -0.560. The van der Waals surface area contributed by atoms with E-state index in [-0.39, 0.29) is 19.2 Å². The Bertz CT molecular complexity index is 626. The van der Waals surface area contributed by atoms with E-state index >= 15 is 0 Å². The van der Waals surface area contributed by atoms with Gasteiger partial charge < -0.3 is 14.6 Å². The molecule has 0 bridgehead atoms. The number of hydrogen-bond donors (Lipinski definition) is 1. The number of unbranched alkanes of at least 4 members (excludes halogenated alkanes) is 2. The lowest BCUT2D eigenvalue weighted by Crippen LogP contribution is -2.27. The van der Waals surface area contributed by atoms with Gasteiger partial charge in [-0.1, -0.05) is 93.2 Å². The fourth-order valence-corrected chi connectivity index (χ4v) is 2.85. The van der Waals surface area contributed by atoms with Crippen molar-refractivity contribution in [2.45, 2.75) is 90.6 Å². The number of carbonyl (C=O) groups excluding carboxylic acids is 1. The maximum absolute atomic E-state index is 11.6. The maximum atomic E-state index is 11.6. The number of hydrogen-bond acceptors (Lipinski definition) is 4. The third-order valence-electron chi connectivity index (χ3n) is 4.80. The summed E-state index contributed by atoms with van der Waals surface area (Å²) >= 11 is 0. The third-order valence-corrected chi connectivity index (χ3v) is 4.80. The predicted octanol–water partition coefficient (Wildman–Crippen LogP) is 7.58. The SMILES string of the molecule is CC/C=C\C/C=C\C/C=C\C/C=C\C/C=C\C/C=C\CCCOCC(CO)OC(=O)CCCC. The number of aliphatic hydroxyl groups excluding tert-OH is 1. The smallest absolute Gasteiger partial charge is 0.306 e. The second-order valence-electron chi connectivity index (χ2n) is 8.03. The van der Waals surface area contributed by atoms with Crippen molar-refractivity contribution in [3.05, 3.63) is 72.9 Å². The molecule has 1 atom stereocenters. The van der Waals surface area contributed by atoms with Crippen LogP contribution in [-0.4, -0.2) is 37.0 Å². The summed E-state index contributed by atoms with van der Waals surface area (Å²) < 4.78 is 10.7. The number of ether oxygens (including phenoxy) is 2. The zero-order valence-corrected chi connectivity index (χ0v) is 21.6. The summed E-state index contributed by atoms with van der Waals surface area (Å²) in [5.41, 5.74) is 0. The number of esters is 1. The van der Waals surface area contributed by atoms with Gasteiger partial charge in [0.05, 0.1) is 13.2 Å². The zero-order chi connectivity index (χ0) is 25.0. The Hall–Kier alpha value is -2.17. The molecule has 192 valence electrons. The van der Waals surface area contributed by atoms with Crippen LogP contribution in [-0.2, 0) is 14.3 Å². The van der Waals surface area contributed by atoms with E-state index in [9.17, 15) is 9.90 Å². The van der Waals surface area contributed by atoms with Crippen LogP contribution in [0.1, 0.15) is 84.5 Å². The van der Waals surface area contributed by atoms with E-state index < -0.39 is 6.10 Å². The number of aliphatic hydroxyl groups is 1. The van der Waals surface area contributed by atoms with Gasteiger partial charge in [-0.25, -0.2) is 0 Å². The number of rotatable bonds is 22. The van der Waals surface area contributed by atoms with Gasteiger partial charge in [0.15, 0.2) is 0 Å². The minimum absolute atomic E-state index is 0.203. The predicted molar refractivity (Wildman–Crippen MR) is 145 cm³/mol. The summed E-state index contributed by atoms with van der Waals surface area (Å²) in [7, 11) is 0. The lowest BCUT2D eigenvalue weighted by Gasteiger charge is -2.15. The van der Waals surface area contributed by atoms with E-state index in [4.69, 9.17) is 9.47 Å². The van der Waals surface area contributed by atoms with Gasteiger partial charge in [0, 0.05) is 13.0 Å². The molecule has 0 aromatic heterocycles. The Morgan fingerprint density at radius 1 is 0.735 bits per heavy atom. The Kier molecular flexibility index (Phi) is 25.3. The van der Waals surface area contributed by atoms with Gasteiger partial charge >= 0.3 is 5.97 Å². The van der Waals surface area contributed by atoms with Crippen molar-refractivity contribution in [2.24, 2.45) is 0 Å². The molecule has 1 N–H and O–H groups in total. The molecule has 0 spiro atoms. The summed E-state index contributed by atoms with van der Waals surface area (Å²) in [5, 5.41) is 9.29. The van der Waals surface area contributed by atoms with Crippen molar-refractivity contribution in [1.29, 1.82) is 0 Å². The van der Waals surface area contributed by atoms with Crippen molar-refractivity contribution in [1.82, 2.24) is 0 Å². The standard InChI is InChI=1S/C30H48O4/c1-3-5-7-8-9-10-11-12-13-14-15-16-17-18-19-20-21-22-23-24-26-33-28-29(27-31)34-30(32)25-6-4-2/h5,7,9-10,12-13,15-16,18-19,21-22,29,31H,3-4,6,8,11,14,17,20,23-28H2,1-2H3/b7-5-,10-9-,13-12-,16-15-,19-18-,22-21-. The molecule has 34 heavy (non-hydrogen) atoms. The van der Waals surface area contributed by atoms with Gasteiger partial charge in [-0.2, -0.15) is 0 Å². The normalized spacial score (nSPS) is 13.6. The van der Waals surface area contributed by atoms with E-state index in [0.717, 1.165) is 64.2 Å². The molecule has 0 fully saturated rings. The lowest BCUT2D eigenvalue weighted by atomic mass is 10.2. The van der Waals surface area contributed by atoms with Crippen molar-refractivity contribution >= 4 is 5.97 Å². The van der Waals surface area contributed by atoms with Crippen LogP contribution in [0, 0.1) is 0 Å². The van der Waals surface area contributed by atoms with Crippen molar-refractivity contribution in [3.8, 4) is 0 Å². The van der Waals surface area contributed by atoms with E-state index in [1.807, 2.05) is 6.92 Å². The molecule has 1 unspecified atom stereocenters. The first-order valence-corrected chi connectivity index (χ1v) is 13.0. The highest BCUT2D eigenvalue weighted by molar-refractivity contribution is 5.69. The fourth-order valence-electron chi connectivity index (χ4n) is 2.85. The van der Waals surface area contributed by atoms with Crippen LogP contribution < -0.4 is 0 Å². The number of allylic oxidation sites excluding steroid dienone is 12. The first-order valence-electron chi connectivity index (χ1n) is 13.0. The molecule has 0 aromatic rings. The van der Waals surface area contributed by atoms with Gasteiger partial charge in [-0.05, 0) is 57.8 Å². The monoisotopic (exact) mass is 472 g/mol. The lowest BCUT2D eigenvalue weighted by molar-refractivity contribution is -0.154. The molecular weight excluding hydrogens is 424 g/mol. The number of carbonyl (C=O) groups is 1. The summed E-state index contributed by atoms with van der Waals surface area (Å²) in [4.78, 5) is 11.6. The molecule has 0 radical (unpaired) electrons. The van der Waals surface area contributed by atoms with E-state index in [1.165, 1.54) is 0 Å². The average Bonchev–Trinajstić information content (AvgIpc) is 2.85.